The smallest absolute Gasteiger partial charge is 0.410 e. The van der Waals surface area contributed by atoms with Gasteiger partial charge in [-0.2, -0.15) is 0 Å². The summed E-state index contributed by atoms with van der Waals surface area (Å²) in [5, 5.41) is 3.54. The summed E-state index contributed by atoms with van der Waals surface area (Å²) in [7, 11) is 0. The maximum absolute atomic E-state index is 12.3. The number of ether oxygens (including phenoxy) is 1. The standard InChI is InChI=1S/C16H22N2O2/c1-15(2,3)20-14(19)18-10-9-16(13(18)11-17-16)12-7-5-4-6-8-12/h4-8,13,17H,9-11H2,1-3H3. The van der Waals surface area contributed by atoms with Crippen LogP contribution in [0.25, 0.3) is 0 Å². The highest BCUT2D eigenvalue weighted by Gasteiger charge is 2.56. The van der Waals surface area contributed by atoms with Crippen LogP contribution >= 0.6 is 0 Å². The molecule has 1 N–H and O–H groups in total. The van der Waals surface area contributed by atoms with Crippen molar-refractivity contribution in [3.8, 4) is 0 Å². The summed E-state index contributed by atoms with van der Waals surface area (Å²) in [6.45, 7) is 7.31. The fraction of sp³-hybridized carbons (Fsp3) is 0.562. The van der Waals surface area contributed by atoms with E-state index in [0.29, 0.717) is 0 Å². The zero-order valence-corrected chi connectivity index (χ0v) is 12.3. The Kier molecular flexibility index (Phi) is 3.01. The molecule has 4 nitrogen and oxygen atoms in total. The molecule has 2 saturated heterocycles. The number of nitrogens with one attached hydrogen (secondary N) is 1. The number of hydrogen-bond donors (Lipinski definition) is 1. The van der Waals surface area contributed by atoms with Crippen molar-refractivity contribution in [1.82, 2.24) is 10.2 Å². The molecule has 0 saturated carbocycles. The Bertz CT molecular complexity index is 509. The Morgan fingerprint density at radius 3 is 2.60 bits per heavy atom. The van der Waals surface area contributed by atoms with Crippen molar-refractivity contribution in [2.45, 2.75) is 44.4 Å². The van der Waals surface area contributed by atoms with Crippen molar-refractivity contribution >= 4 is 6.09 Å². The van der Waals surface area contributed by atoms with Crippen LogP contribution in [0.2, 0.25) is 0 Å². The van der Waals surface area contributed by atoms with Crippen molar-refractivity contribution in [2.75, 3.05) is 13.1 Å². The lowest BCUT2D eigenvalue weighted by Gasteiger charge is -2.48. The zero-order chi connectivity index (χ0) is 14.4. The van der Waals surface area contributed by atoms with E-state index in [-0.39, 0.29) is 17.7 Å². The first kappa shape index (κ1) is 13.4. The predicted molar refractivity (Wildman–Crippen MR) is 77.5 cm³/mol. The van der Waals surface area contributed by atoms with Gasteiger partial charge in [-0.05, 0) is 32.8 Å². The summed E-state index contributed by atoms with van der Waals surface area (Å²) in [5.41, 5.74) is 0.757. The van der Waals surface area contributed by atoms with Crippen molar-refractivity contribution < 1.29 is 9.53 Å². The summed E-state index contributed by atoms with van der Waals surface area (Å²) in [6.07, 6.45) is 0.753. The minimum Gasteiger partial charge on any atom is -0.444 e. The Morgan fingerprint density at radius 2 is 2.05 bits per heavy atom. The Hall–Kier alpha value is -1.55. The Morgan fingerprint density at radius 1 is 1.35 bits per heavy atom. The lowest BCUT2D eigenvalue weighted by molar-refractivity contribution is 0.00807. The molecule has 2 fully saturated rings. The monoisotopic (exact) mass is 274 g/mol. The van der Waals surface area contributed by atoms with Crippen LogP contribution in [0.3, 0.4) is 0 Å². The highest BCUT2D eigenvalue weighted by atomic mass is 16.6. The SMILES string of the molecule is CC(C)(C)OC(=O)N1CCC2(c3ccccc3)NCC12. The number of carbonyl (C=O) groups excluding carboxylic acids is 1. The van der Waals surface area contributed by atoms with Gasteiger partial charge in [0.25, 0.3) is 0 Å². The van der Waals surface area contributed by atoms with E-state index in [2.05, 4.69) is 29.6 Å². The first-order valence-corrected chi connectivity index (χ1v) is 7.23. The van der Waals surface area contributed by atoms with Gasteiger partial charge < -0.3 is 15.0 Å². The molecule has 2 unspecified atom stereocenters. The molecule has 1 aromatic rings. The summed E-state index contributed by atoms with van der Waals surface area (Å²) >= 11 is 0. The predicted octanol–water partition coefficient (Wildman–Crippen LogP) is 2.49. The molecule has 3 rings (SSSR count). The molecule has 0 aromatic heterocycles. The number of fused-ring (bicyclic) bond motifs is 1. The van der Waals surface area contributed by atoms with Gasteiger partial charge in [0.1, 0.15) is 5.60 Å². The minimum atomic E-state index is -0.438. The van der Waals surface area contributed by atoms with Gasteiger partial charge in [0, 0.05) is 13.1 Å². The van der Waals surface area contributed by atoms with Crippen LogP contribution in [0.1, 0.15) is 32.8 Å². The van der Waals surface area contributed by atoms with Crippen LogP contribution in [0.5, 0.6) is 0 Å². The van der Waals surface area contributed by atoms with Crippen LogP contribution in [-0.2, 0) is 10.3 Å². The second-order valence-electron chi connectivity index (χ2n) is 6.66. The van der Waals surface area contributed by atoms with Crippen LogP contribution in [0.15, 0.2) is 30.3 Å². The number of carbonyl (C=O) groups is 1. The maximum Gasteiger partial charge on any atom is 0.410 e. The second-order valence-corrected chi connectivity index (χ2v) is 6.66. The van der Waals surface area contributed by atoms with Crippen molar-refractivity contribution in [1.29, 1.82) is 0 Å². The van der Waals surface area contributed by atoms with Crippen molar-refractivity contribution in [3.05, 3.63) is 35.9 Å². The lowest BCUT2D eigenvalue weighted by Crippen LogP contribution is -2.68. The van der Waals surface area contributed by atoms with Crippen LogP contribution in [0, 0.1) is 0 Å². The number of nitrogens with zero attached hydrogens (tertiary/aromatic N) is 1. The molecule has 2 heterocycles. The van der Waals surface area contributed by atoms with E-state index in [1.807, 2.05) is 31.7 Å². The van der Waals surface area contributed by atoms with E-state index >= 15 is 0 Å². The average Bonchev–Trinajstić information content (AvgIpc) is 2.61. The quantitative estimate of drug-likeness (QED) is 0.855. The number of rotatable bonds is 1. The molecule has 4 heteroatoms. The third kappa shape index (κ3) is 2.08. The molecule has 0 aliphatic carbocycles. The molecule has 1 aromatic carbocycles. The largest absolute Gasteiger partial charge is 0.444 e. The van der Waals surface area contributed by atoms with Gasteiger partial charge in [-0.1, -0.05) is 30.3 Å². The Balaban J connectivity index is 1.79. The molecule has 1 amide bonds. The van der Waals surface area contributed by atoms with Crippen molar-refractivity contribution in [2.24, 2.45) is 0 Å². The van der Waals surface area contributed by atoms with Gasteiger partial charge >= 0.3 is 6.09 Å². The molecule has 2 aliphatic heterocycles. The van der Waals surface area contributed by atoms with Gasteiger partial charge in [-0.3, -0.25) is 0 Å². The average molecular weight is 274 g/mol. The maximum atomic E-state index is 12.3. The number of benzene rings is 1. The molecule has 2 atom stereocenters. The molecule has 20 heavy (non-hydrogen) atoms. The molecular weight excluding hydrogens is 252 g/mol. The normalized spacial score (nSPS) is 28.8. The molecule has 0 bridgehead atoms. The first-order valence-electron chi connectivity index (χ1n) is 7.23. The fourth-order valence-electron chi connectivity index (χ4n) is 3.24. The summed E-state index contributed by atoms with van der Waals surface area (Å²) in [6, 6.07) is 10.6. The van der Waals surface area contributed by atoms with Crippen LogP contribution < -0.4 is 5.32 Å². The Labute approximate surface area is 120 Å². The van der Waals surface area contributed by atoms with Crippen LogP contribution in [0.4, 0.5) is 4.79 Å². The number of likely N-dealkylation sites (tertiary alicyclic amines) is 1. The first-order chi connectivity index (χ1) is 9.42. The third-order valence-electron chi connectivity index (χ3n) is 4.22. The van der Waals surface area contributed by atoms with E-state index in [4.69, 9.17) is 4.74 Å². The minimum absolute atomic E-state index is 0.0713. The molecule has 108 valence electrons. The summed E-state index contributed by atoms with van der Waals surface area (Å²) < 4.78 is 5.51. The molecular formula is C16H22N2O2. The van der Waals surface area contributed by atoms with E-state index in [1.165, 1.54) is 5.56 Å². The zero-order valence-electron chi connectivity index (χ0n) is 12.3. The van der Waals surface area contributed by atoms with Gasteiger partial charge in [0.05, 0.1) is 11.6 Å². The second kappa shape index (κ2) is 4.48. The van der Waals surface area contributed by atoms with Gasteiger partial charge in [-0.25, -0.2) is 4.79 Å². The number of hydrogen-bond acceptors (Lipinski definition) is 3. The number of amides is 1. The fourth-order valence-corrected chi connectivity index (χ4v) is 3.24. The van der Waals surface area contributed by atoms with Crippen molar-refractivity contribution in [3.63, 3.8) is 0 Å². The highest BCUT2D eigenvalue weighted by Crippen LogP contribution is 2.43. The molecule has 0 radical (unpaired) electrons. The van der Waals surface area contributed by atoms with E-state index in [0.717, 1.165) is 19.5 Å². The highest BCUT2D eigenvalue weighted by molar-refractivity contribution is 5.70. The molecule has 0 spiro atoms. The van der Waals surface area contributed by atoms with Crippen LogP contribution in [-0.4, -0.2) is 35.7 Å². The van der Waals surface area contributed by atoms with Gasteiger partial charge in [0.15, 0.2) is 0 Å². The summed E-state index contributed by atoms with van der Waals surface area (Å²) in [4.78, 5) is 14.2. The summed E-state index contributed by atoms with van der Waals surface area (Å²) in [5.74, 6) is 0. The topological polar surface area (TPSA) is 41.6 Å². The lowest BCUT2D eigenvalue weighted by atomic mass is 9.77. The van der Waals surface area contributed by atoms with Gasteiger partial charge in [0.2, 0.25) is 0 Å². The van der Waals surface area contributed by atoms with Gasteiger partial charge in [-0.15, -0.1) is 0 Å². The van der Waals surface area contributed by atoms with E-state index in [1.54, 1.807) is 0 Å². The third-order valence-corrected chi connectivity index (χ3v) is 4.22. The van der Waals surface area contributed by atoms with E-state index < -0.39 is 5.60 Å². The van der Waals surface area contributed by atoms with E-state index in [9.17, 15) is 4.79 Å². The molecule has 2 aliphatic rings.